The number of ether oxygens (including phenoxy) is 3. The summed E-state index contributed by atoms with van der Waals surface area (Å²) < 4.78 is 16.2. The number of esters is 1. The maximum Gasteiger partial charge on any atom is 0.344 e. The second-order valence-electron chi connectivity index (χ2n) is 7.83. The van der Waals surface area contributed by atoms with Gasteiger partial charge in [-0.2, -0.15) is 0 Å². The number of halogens is 1. The lowest BCUT2D eigenvalue weighted by molar-refractivity contribution is -0.145. The molecule has 0 aromatic heterocycles. The third-order valence-corrected chi connectivity index (χ3v) is 5.49. The van der Waals surface area contributed by atoms with Crippen LogP contribution in [0, 0.1) is 0 Å². The summed E-state index contributed by atoms with van der Waals surface area (Å²) in [7, 11) is 0. The van der Waals surface area contributed by atoms with Crippen LogP contribution in [0.1, 0.15) is 41.3 Å². The van der Waals surface area contributed by atoms with E-state index < -0.39 is 5.97 Å². The van der Waals surface area contributed by atoms with Gasteiger partial charge in [0.25, 0.3) is 5.91 Å². The summed E-state index contributed by atoms with van der Waals surface area (Å²) in [6.45, 7) is 2.35. The summed E-state index contributed by atoms with van der Waals surface area (Å²) in [6.07, 6.45) is 3.02. The Kier molecular flexibility index (Phi) is 10.5. The van der Waals surface area contributed by atoms with Crippen molar-refractivity contribution in [2.75, 3.05) is 25.1 Å². The average molecular weight is 496 g/mol. The molecule has 0 unspecified atom stereocenters. The molecule has 0 aliphatic heterocycles. The highest BCUT2D eigenvalue weighted by Crippen LogP contribution is 2.27. The van der Waals surface area contributed by atoms with Gasteiger partial charge in [0.15, 0.2) is 6.61 Å². The van der Waals surface area contributed by atoms with Crippen molar-refractivity contribution in [3.8, 4) is 11.5 Å². The molecule has 0 aliphatic carbocycles. The Balaban J connectivity index is 1.52. The van der Waals surface area contributed by atoms with E-state index in [0.717, 1.165) is 24.8 Å². The molecule has 0 bridgehead atoms. The number of benzene rings is 3. The van der Waals surface area contributed by atoms with Crippen LogP contribution in [-0.4, -0.2) is 31.7 Å². The maximum atomic E-state index is 12.8. The minimum Gasteiger partial charge on any atom is -0.494 e. The maximum absolute atomic E-state index is 12.8. The monoisotopic (exact) mass is 495 g/mol. The van der Waals surface area contributed by atoms with Crippen LogP contribution in [0.5, 0.6) is 11.5 Å². The number of nitrogens with one attached hydrogen (secondary N) is 1. The number of alkyl halides is 1. The molecule has 0 atom stereocenters. The zero-order chi connectivity index (χ0) is 24.9. The molecular formula is C28H30ClNO5. The summed E-state index contributed by atoms with van der Waals surface area (Å²) in [5.41, 5.74) is 3.03. The van der Waals surface area contributed by atoms with Crippen LogP contribution in [0.2, 0.25) is 0 Å². The third-order valence-electron chi connectivity index (χ3n) is 5.19. The molecule has 3 aromatic carbocycles. The van der Waals surface area contributed by atoms with Crippen LogP contribution in [0.4, 0.5) is 5.69 Å². The normalized spacial score (nSPS) is 10.5. The molecule has 0 radical (unpaired) electrons. The van der Waals surface area contributed by atoms with Gasteiger partial charge in [-0.3, -0.25) is 4.79 Å². The van der Waals surface area contributed by atoms with Crippen LogP contribution in [0.3, 0.4) is 0 Å². The Labute approximate surface area is 211 Å². The van der Waals surface area contributed by atoms with Crippen LogP contribution >= 0.6 is 11.6 Å². The molecule has 0 aliphatic rings. The van der Waals surface area contributed by atoms with Crippen LogP contribution < -0.4 is 14.8 Å². The van der Waals surface area contributed by atoms with Crippen molar-refractivity contribution in [1.82, 2.24) is 0 Å². The van der Waals surface area contributed by atoms with E-state index >= 15 is 0 Å². The zero-order valence-electron chi connectivity index (χ0n) is 19.8. The van der Waals surface area contributed by atoms with Gasteiger partial charge in [-0.1, -0.05) is 36.4 Å². The number of amides is 1. The molecule has 0 fully saturated rings. The Hall–Kier alpha value is -3.51. The molecule has 0 spiro atoms. The van der Waals surface area contributed by atoms with E-state index in [-0.39, 0.29) is 25.0 Å². The topological polar surface area (TPSA) is 73.9 Å². The molecule has 1 N–H and O–H groups in total. The Morgan fingerprint density at radius 2 is 1.66 bits per heavy atom. The first kappa shape index (κ1) is 26.1. The van der Waals surface area contributed by atoms with Crippen molar-refractivity contribution < 1.29 is 23.8 Å². The van der Waals surface area contributed by atoms with E-state index in [1.54, 1.807) is 49.4 Å². The van der Waals surface area contributed by atoms with Crippen molar-refractivity contribution in [3.63, 3.8) is 0 Å². The highest BCUT2D eigenvalue weighted by molar-refractivity contribution is 6.17. The third kappa shape index (κ3) is 8.65. The van der Waals surface area contributed by atoms with Crippen LogP contribution in [0.15, 0.2) is 72.8 Å². The number of unbranched alkanes of at least 4 members (excludes halogenated alkanes) is 1. The van der Waals surface area contributed by atoms with Gasteiger partial charge in [0.2, 0.25) is 0 Å². The van der Waals surface area contributed by atoms with Crippen molar-refractivity contribution in [2.24, 2.45) is 0 Å². The number of hydrogen-bond acceptors (Lipinski definition) is 5. The summed E-state index contributed by atoms with van der Waals surface area (Å²) in [5, 5.41) is 2.84. The number of hydrogen-bond donors (Lipinski definition) is 1. The molecule has 3 aromatic rings. The molecule has 1 amide bonds. The van der Waals surface area contributed by atoms with Gasteiger partial charge < -0.3 is 19.5 Å². The number of aryl methyl sites for hydroxylation is 1. The number of anilines is 1. The molecule has 0 saturated heterocycles. The molecule has 3 rings (SSSR count). The van der Waals surface area contributed by atoms with E-state index in [0.29, 0.717) is 29.4 Å². The van der Waals surface area contributed by atoms with Crippen LogP contribution in [0.25, 0.3) is 0 Å². The summed E-state index contributed by atoms with van der Waals surface area (Å²) in [4.78, 5) is 24.5. The Morgan fingerprint density at radius 1 is 0.886 bits per heavy atom. The molecular weight excluding hydrogens is 466 g/mol. The first-order valence-corrected chi connectivity index (χ1v) is 12.2. The van der Waals surface area contributed by atoms with Gasteiger partial charge in [0.1, 0.15) is 11.5 Å². The van der Waals surface area contributed by atoms with Gasteiger partial charge in [0, 0.05) is 11.4 Å². The molecule has 0 saturated carbocycles. The van der Waals surface area contributed by atoms with Crippen molar-refractivity contribution in [1.29, 1.82) is 0 Å². The first-order chi connectivity index (χ1) is 17.1. The van der Waals surface area contributed by atoms with Gasteiger partial charge >= 0.3 is 5.97 Å². The predicted molar refractivity (Wildman–Crippen MR) is 137 cm³/mol. The van der Waals surface area contributed by atoms with Gasteiger partial charge in [0.05, 0.1) is 18.9 Å². The fourth-order valence-electron chi connectivity index (χ4n) is 3.39. The fraction of sp³-hybridized carbons (Fsp3) is 0.286. The minimum atomic E-state index is -0.484. The predicted octanol–water partition coefficient (Wildman–Crippen LogP) is 6.02. The molecule has 0 heterocycles. The molecule has 35 heavy (non-hydrogen) atoms. The average Bonchev–Trinajstić information content (AvgIpc) is 2.88. The van der Waals surface area contributed by atoms with E-state index in [9.17, 15) is 9.59 Å². The van der Waals surface area contributed by atoms with Crippen molar-refractivity contribution in [2.45, 2.75) is 32.1 Å². The van der Waals surface area contributed by atoms with E-state index in [4.69, 9.17) is 25.8 Å². The standard InChI is InChI=1S/C28H30ClNO5/c1-2-33-27(31)20-35-26-16-11-22(19-29)18-25(26)30-28(32)23-12-14-24(15-13-23)34-17-7-6-10-21-8-4-3-5-9-21/h3-5,8-9,11-16,18H,2,6-7,10,17,19-20H2,1H3,(H,30,32). The second-order valence-corrected chi connectivity index (χ2v) is 8.09. The smallest absolute Gasteiger partial charge is 0.344 e. The quantitative estimate of drug-likeness (QED) is 0.178. The highest BCUT2D eigenvalue weighted by Gasteiger charge is 2.13. The minimum absolute atomic E-state index is 0.256. The summed E-state index contributed by atoms with van der Waals surface area (Å²) in [5.74, 6) is 0.548. The summed E-state index contributed by atoms with van der Waals surface area (Å²) >= 11 is 5.94. The van der Waals surface area contributed by atoms with Gasteiger partial charge in [-0.25, -0.2) is 4.79 Å². The van der Waals surface area contributed by atoms with Crippen LogP contribution in [-0.2, 0) is 21.8 Å². The largest absolute Gasteiger partial charge is 0.494 e. The van der Waals surface area contributed by atoms with E-state index in [1.807, 2.05) is 6.07 Å². The Bertz CT molecular complexity index is 1090. The second kappa shape index (κ2) is 14.0. The zero-order valence-corrected chi connectivity index (χ0v) is 20.6. The highest BCUT2D eigenvalue weighted by atomic mass is 35.5. The molecule has 7 heteroatoms. The number of carbonyl (C=O) groups is 2. The lowest BCUT2D eigenvalue weighted by atomic mass is 10.1. The molecule has 6 nitrogen and oxygen atoms in total. The molecule has 184 valence electrons. The Morgan fingerprint density at radius 3 is 2.37 bits per heavy atom. The first-order valence-electron chi connectivity index (χ1n) is 11.6. The van der Waals surface area contributed by atoms with E-state index in [1.165, 1.54) is 5.56 Å². The lowest BCUT2D eigenvalue weighted by Gasteiger charge is -2.14. The fourth-order valence-corrected chi connectivity index (χ4v) is 3.55. The number of carbonyl (C=O) groups excluding carboxylic acids is 2. The van der Waals surface area contributed by atoms with Crippen molar-refractivity contribution in [3.05, 3.63) is 89.5 Å². The lowest BCUT2D eigenvalue weighted by Crippen LogP contribution is -2.17. The van der Waals surface area contributed by atoms with Gasteiger partial charge in [-0.15, -0.1) is 11.6 Å². The summed E-state index contributed by atoms with van der Waals surface area (Å²) in [6, 6.07) is 22.5. The number of rotatable bonds is 13. The van der Waals surface area contributed by atoms with Gasteiger partial charge in [-0.05, 0) is 73.7 Å². The SMILES string of the molecule is CCOC(=O)COc1ccc(CCl)cc1NC(=O)c1ccc(OCCCCc2ccccc2)cc1. The van der Waals surface area contributed by atoms with E-state index in [2.05, 4.69) is 29.6 Å². The van der Waals surface area contributed by atoms with Crippen molar-refractivity contribution >= 4 is 29.2 Å².